The van der Waals surface area contributed by atoms with E-state index in [1.807, 2.05) is 11.8 Å². The molecule has 3 rings (SSSR count). The van der Waals surface area contributed by atoms with Crippen molar-refractivity contribution >= 4 is 11.8 Å². The summed E-state index contributed by atoms with van der Waals surface area (Å²) in [5, 5.41) is 3.49. The highest BCUT2D eigenvalue weighted by atomic mass is 32.2. The van der Waals surface area contributed by atoms with Crippen molar-refractivity contribution in [3.05, 3.63) is 29.8 Å². The van der Waals surface area contributed by atoms with Crippen LogP contribution in [0.4, 0.5) is 0 Å². The monoisotopic (exact) mass is 277 g/mol. The van der Waals surface area contributed by atoms with Crippen LogP contribution in [0.3, 0.4) is 0 Å². The molecule has 0 amide bonds. The minimum atomic E-state index is 0.431. The Labute approximate surface area is 120 Å². The van der Waals surface area contributed by atoms with Gasteiger partial charge in [0.2, 0.25) is 0 Å². The van der Waals surface area contributed by atoms with Crippen LogP contribution in [0.15, 0.2) is 24.3 Å². The van der Waals surface area contributed by atoms with E-state index in [2.05, 4.69) is 29.6 Å². The van der Waals surface area contributed by atoms with Crippen LogP contribution in [-0.4, -0.2) is 30.7 Å². The first-order valence-corrected chi connectivity index (χ1v) is 8.62. The van der Waals surface area contributed by atoms with Gasteiger partial charge in [-0.25, -0.2) is 0 Å². The van der Waals surface area contributed by atoms with Crippen molar-refractivity contribution in [2.45, 2.75) is 37.7 Å². The molecular formula is C16H23NOS. The van der Waals surface area contributed by atoms with E-state index in [9.17, 15) is 0 Å². The van der Waals surface area contributed by atoms with Crippen LogP contribution in [0.25, 0.3) is 0 Å². The Morgan fingerprint density at radius 2 is 2.05 bits per heavy atom. The summed E-state index contributed by atoms with van der Waals surface area (Å²) in [7, 11) is 0. The zero-order chi connectivity index (χ0) is 12.9. The quantitative estimate of drug-likeness (QED) is 0.914. The Morgan fingerprint density at radius 1 is 1.16 bits per heavy atom. The van der Waals surface area contributed by atoms with E-state index in [0.29, 0.717) is 12.0 Å². The SMILES string of the molecule is c1cc(OC2CCSCC2)cc(C2CCCNC2)c1. The first-order valence-electron chi connectivity index (χ1n) is 7.47. The van der Waals surface area contributed by atoms with Crippen molar-refractivity contribution < 1.29 is 4.74 Å². The molecule has 1 aromatic rings. The molecule has 1 unspecified atom stereocenters. The van der Waals surface area contributed by atoms with Crippen LogP contribution in [0.2, 0.25) is 0 Å². The number of nitrogens with one attached hydrogen (secondary N) is 1. The maximum Gasteiger partial charge on any atom is 0.120 e. The van der Waals surface area contributed by atoms with E-state index in [-0.39, 0.29) is 0 Å². The van der Waals surface area contributed by atoms with E-state index >= 15 is 0 Å². The lowest BCUT2D eigenvalue weighted by Gasteiger charge is -2.25. The molecular weight excluding hydrogens is 254 g/mol. The van der Waals surface area contributed by atoms with E-state index in [0.717, 1.165) is 12.3 Å². The van der Waals surface area contributed by atoms with Crippen molar-refractivity contribution in [3.8, 4) is 5.75 Å². The predicted octanol–water partition coefficient (Wildman–Crippen LogP) is 3.43. The highest BCUT2D eigenvalue weighted by molar-refractivity contribution is 7.99. The van der Waals surface area contributed by atoms with Crippen molar-refractivity contribution in [1.29, 1.82) is 0 Å². The third kappa shape index (κ3) is 3.67. The summed E-state index contributed by atoms with van der Waals surface area (Å²) in [6.45, 7) is 2.29. The van der Waals surface area contributed by atoms with Crippen LogP contribution in [0, 0.1) is 0 Å². The van der Waals surface area contributed by atoms with Gasteiger partial charge in [-0.05, 0) is 67.3 Å². The van der Waals surface area contributed by atoms with Crippen molar-refractivity contribution in [1.82, 2.24) is 5.32 Å². The molecule has 2 fully saturated rings. The number of hydrogen-bond donors (Lipinski definition) is 1. The Hall–Kier alpha value is -0.670. The second-order valence-electron chi connectivity index (χ2n) is 5.55. The lowest BCUT2D eigenvalue weighted by molar-refractivity contribution is 0.192. The van der Waals surface area contributed by atoms with Gasteiger partial charge in [0.1, 0.15) is 11.9 Å². The fraction of sp³-hybridized carbons (Fsp3) is 0.625. The van der Waals surface area contributed by atoms with Crippen molar-refractivity contribution in [3.63, 3.8) is 0 Å². The minimum Gasteiger partial charge on any atom is -0.490 e. The molecule has 1 N–H and O–H groups in total. The Kier molecular flexibility index (Phi) is 4.67. The van der Waals surface area contributed by atoms with Gasteiger partial charge in [-0.2, -0.15) is 11.8 Å². The smallest absolute Gasteiger partial charge is 0.120 e. The van der Waals surface area contributed by atoms with E-state index in [1.165, 1.54) is 49.3 Å². The zero-order valence-corrected chi connectivity index (χ0v) is 12.3. The highest BCUT2D eigenvalue weighted by Crippen LogP contribution is 2.28. The minimum absolute atomic E-state index is 0.431. The molecule has 2 aliphatic heterocycles. The molecule has 3 heteroatoms. The molecule has 1 atom stereocenters. The van der Waals surface area contributed by atoms with Gasteiger partial charge in [0.05, 0.1) is 0 Å². The Bertz CT molecular complexity index is 397. The number of thioether (sulfide) groups is 1. The second kappa shape index (κ2) is 6.67. The molecule has 0 aliphatic carbocycles. The zero-order valence-electron chi connectivity index (χ0n) is 11.4. The molecule has 104 valence electrons. The van der Waals surface area contributed by atoms with Gasteiger partial charge < -0.3 is 10.1 Å². The van der Waals surface area contributed by atoms with Gasteiger partial charge in [0.25, 0.3) is 0 Å². The van der Waals surface area contributed by atoms with Gasteiger partial charge in [-0.3, -0.25) is 0 Å². The fourth-order valence-electron chi connectivity index (χ4n) is 2.96. The van der Waals surface area contributed by atoms with Gasteiger partial charge in [0, 0.05) is 6.54 Å². The molecule has 0 radical (unpaired) electrons. The third-order valence-corrected chi connectivity index (χ3v) is 5.15. The fourth-order valence-corrected chi connectivity index (χ4v) is 4.03. The van der Waals surface area contributed by atoms with Gasteiger partial charge in [-0.1, -0.05) is 12.1 Å². The number of piperidine rings is 1. The summed E-state index contributed by atoms with van der Waals surface area (Å²) in [4.78, 5) is 0. The number of benzene rings is 1. The second-order valence-corrected chi connectivity index (χ2v) is 6.77. The lowest BCUT2D eigenvalue weighted by Crippen LogP contribution is -2.28. The molecule has 0 bridgehead atoms. The summed E-state index contributed by atoms with van der Waals surface area (Å²) in [6, 6.07) is 8.78. The molecule has 2 nitrogen and oxygen atoms in total. The first kappa shape index (κ1) is 13.3. The summed E-state index contributed by atoms with van der Waals surface area (Å²) in [6.07, 6.45) is 5.41. The van der Waals surface area contributed by atoms with Crippen LogP contribution >= 0.6 is 11.8 Å². The van der Waals surface area contributed by atoms with E-state index < -0.39 is 0 Å². The highest BCUT2D eigenvalue weighted by Gasteiger charge is 2.18. The molecule has 2 saturated heterocycles. The molecule has 2 heterocycles. The summed E-state index contributed by atoms with van der Waals surface area (Å²) in [5.41, 5.74) is 1.44. The molecule has 2 aliphatic rings. The van der Waals surface area contributed by atoms with Gasteiger partial charge in [0.15, 0.2) is 0 Å². The maximum atomic E-state index is 6.15. The van der Waals surface area contributed by atoms with Crippen molar-refractivity contribution in [2.75, 3.05) is 24.6 Å². The predicted molar refractivity (Wildman–Crippen MR) is 82.3 cm³/mol. The Morgan fingerprint density at radius 3 is 2.84 bits per heavy atom. The normalized spacial score (nSPS) is 25.2. The van der Waals surface area contributed by atoms with Gasteiger partial charge >= 0.3 is 0 Å². The molecule has 0 saturated carbocycles. The summed E-state index contributed by atoms with van der Waals surface area (Å²) in [5.74, 6) is 4.23. The first-order chi connectivity index (χ1) is 9.42. The molecule has 1 aromatic carbocycles. The maximum absolute atomic E-state index is 6.15. The third-order valence-electron chi connectivity index (χ3n) is 4.10. The van der Waals surface area contributed by atoms with E-state index in [4.69, 9.17) is 4.74 Å². The van der Waals surface area contributed by atoms with Crippen LogP contribution in [0.1, 0.15) is 37.2 Å². The number of hydrogen-bond acceptors (Lipinski definition) is 3. The van der Waals surface area contributed by atoms with Crippen molar-refractivity contribution in [2.24, 2.45) is 0 Å². The number of ether oxygens (including phenoxy) is 1. The molecule has 0 spiro atoms. The summed E-state index contributed by atoms with van der Waals surface area (Å²) < 4.78 is 6.15. The van der Waals surface area contributed by atoms with E-state index in [1.54, 1.807) is 0 Å². The largest absolute Gasteiger partial charge is 0.490 e. The topological polar surface area (TPSA) is 21.3 Å². The van der Waals surface area contributed by atoms with Crippen LogP contribution in [0.5, 0.6) is 5.75 Å². The van der Waals surface area contributed by atoms with Crippen LogP contribution < -0.4 is 10.1 Å². The Balaban J connectivity index is 1.64. The summed E-state index contributed by atoms with van der Waals surface area (Å²) >= 11 is 2.05. The molecule has 19 heavy (non-hydrogen) atoms. The molecule has 0 aromatic heterocycles. The van der Waals surface area contributed by atoms with Gasteiger partial charge in [-0.15, -0.1) is 0 Å². The average molecular weight is 277 g/mol. The standard InChI is InChI=1S/C16H23NOS/c1-3-13(14-4-2-8-17-12-14)11-16(5-1)18-15-6-9-19-10-7-15/h1,3,5,11,14-15,17H,2,4,6-10,12H2. The average Bonchev–Trinajstić information content (AvgIpc) is 2.49. The lowest BCUT2D eigenvalue weighted by atomic mass is 9.91. The van der Waals surface area contributed by atoms with Crippen LogP contribution in [-0.2, 0) is 0 Å². The number of rotatable bonds is 3.